The molecule has 0 amide bonds. The van der Waals surface area contributed by atoms with Crippen molar-refractivity contribution in [2.24, 2.45) is 0 Å². The summed E-state index contributed by atoms with van der Waals surface area (Å²) >= 11 is 0. The molecule has 1 aromatic rings. The summed E-state index contributed by atoms with van der Waals surface area (Å²) in [4.78, 5) is 10.3. The van der Waals surface area contributed by atoms with E-state index < -0.39 is 10.7 Å². The second-order valence-electron chi connectivity index (χ2n) is 4.78. The number of benzene rings is 1. The lowest BCUT2D eigenvalue weighted by atomic mass is 9.95. The highest BCUT2D eigenvalue weighted by Crippen LogP contribution is 2.37. The van der Waals surface area contributed by atoms with Crippen LogP contribution in [0.3, 0.4) is 0 Å². The average Bonchev–Trinajstić information content (AvgIpc) is 2.93. The maximum absolute atomic E-state index is 13.0. The van der Waals surface area contributed by atoms with Gasteiger partial charge in [0, 0.05) is 0 Å². The third-order valence-corrected chi connectivity index (χ3v) is 3.60. The minimum absolute atomic E-state index is 0.0907. The van der Waals surface area contributed by atoms with Gasteiger partial charge in [0.25, 0.3) is 5.69 Å². The molecular formula is C12H13FN2O3. The molecule has 1 aromatic carbocycles. The quantitative estimate of drug-likeness (QED) is 0.663. The minimum atomic E-state index is -0.601. The second-order valence-corrected chi connectivity index (χ2v) is 4.78. The van der Waals surface area contributed by atoms with Crippen LogP contribution in [-0.4, -0.2) is 23.2 Å². The molecule has 2 fully saturated rings. The first kappa shape index (κ1) is 11.4. The number of hydrogen-bond donors (Lipinski definition) is 1. The van der Waals surface area contributed by atoms with E-state index in [9.17, 15) is 14.5 Å². The van der Waals surface area contributed by atoms with Gasteiger partial charge in [-0.3, -0.25) is 10.1 Å². The number of fused-ring (bicyclic) bond motifs is 2. The van der Waals surface area contributed by atoms with Crippen molar-refractivity contribution in [2.75, 3.05) is 5.32 Å². The summed E-state index contributed by atoms with van der Waals surface area (Å²) in [6.45, 7) is 0. The molecule has 2 aliphatic heterocycles. The molecule has 2 heterocycles. The fourth-order valence-electron chi connectivity index (χ4n) is 2.77. The summed E-state index contributed by atoms with van der Waals surface area (Å²) in [5, 5.41) is 14.0. The summed E-state index contributed by atoms with van der Waals surface area (Å²) in [7, 11) is 0. The Kier molecular flexibility index (Phi) is 2.66. The van der Waals surface area contributed by atoms with Crippen LogP contribution < -0.4 is 5.32 Å². The van der Waals surface area contributed by atoms with Crippen LogP contribution in [0.1, 0.15) is 19.3 Å². The van der Waals surface area contributed by atoms with Crippen molar-refractivity contribution in [2.45, 2.75) is 37.5 Å². The molecule has 0 radical (unpaired) electrons. The van der Waals surface area contributed by atoms with Gasteiger partial charge in [0.1, 0.15) is 11.5 Å². The highest BCUT2D eigenvalue weighted by atomic mass is 19.1. The van der Waals surface area contributed by atoms with Crippen LogP contribution in [0.5, 0.6) is 0 Å². The van der Waals surface area contributed by atoms with E-state index in [0.717, 1.165) is 25.3 Å². The molecule has 1 N–H and O–H groups in total. The highest BCUT2D eigenvalue weighted by molar-refractivity contribution is 5.62. The summed E-state index contributed by atoms with van der Waals surface area (Å²) in [5.74, 6) is -0.601. The molecule has 2 bridgehead atoms. The maximum atomic E-state index is 13.0. The standard InChI is InChI=1S/C12H13FN2O3/c13-7-1-3-9(11(5-7)15(16)17)14-10-6-8-2-4-12(10)18-8/h1,3,5,8,10,12,14H,2,4,6H2. The minimum Gasteiger partial charge on any atom is -0.374 e. The summed E-state index contributed by atoms with van der Waals surface area (Å²) in [6.07, 6.45) is 3.30. The van der Waals surface area contributed by atoms with Gasteiger partial charge in [0.2, 0.25) is 0 Å². The molecule has 3 unspecified atom stereocenters. The van der Waals surface area contributed by atoms with Crippen LogP contribution >= 0.6 is 0 Å². The lowest BCUT2D eigenvalue weighted by Gasteiger charge is -2.21. The molecule has 3 rings (SSSR count). The zero-order chi connectivity index (χ0) is 12.7. The van der Waals surface area contributed by atoms with Crippen molar-refractivity contribution in [1.82, 2.24) is 0 Å². The predicted octanol–water partition coefficient (Wildman–Crippen LogP) is 2.47. The zero-order valence-electron chi connectivity index (χ0n) is 9.64. The first-order valence-electron chi connectivity index (χ1n) is 5.99. The molecule has 2 saturated heterocycles. The van der Waals surface area contributed by atoms with Crippen molar-refractivity contribution in [3.63, 3.8) is 0 Å². The molecule has 2 aliphatic rings. The van der Waals surface area contributed by atoms with E-state index in [4.69, 9.17) is 4.74 Å². The normalized spacial score (nSPS) is 29.5. The molecule has 0 saturated carbocycles. The molecule has 6 heteroatoms. The molecule has 18 heavy (non-hydrogen) atoms. The number of hydrogen-bond acceptors (Lipinski definition) is 4. The topological polar surface area (TPSA) is 64.4 Å². The molecule has 3 atom stereocenters. The molecule has 0 aliphatic carbocycles. The largest absolute Gasteiger partial charge is 0.374 e. The number of rotatable bonds is 3. The third kappa shape index (κ3) is 1.92. The van der Waals surface area contributed by atoms with Gasteiger partial charge >= 0.3 is 0 Å². The Balaban J connectivity index is 1.82. The first-order chi connectivity index (χ1) is 8.63. The van der Waals surface area contributed by atoms with Gasteiger partial charge in [0.05, 0.1) is 29.2 Å². The van der Waals surface area contributed by atoms with Crippen LogP contribution in [0.15, 0.2) is 18.2 Å². The van der Waals surface area contributed by atoms with Crippen LogP contribution in [0.2, 0.25) is 0 Å². The number of halogens is 1. The van der Waals surface area contributed by atoms with Gasteiger partial charge in [-0.15, -0.1) is 0 Å². The van der Waals surface area contributed by atoms with E-state index in [0.29, 0.717) is 5.69 Å². The number of nitrogens with zero attached hydrogens (tertiary/aromatic N) is 1. The van der Waals surface area contributed by atoms with Gasteiger partial charge in [-0.05, 0) is 31.4 Å². The molecule has 96 valence electrons. The van der Waals surface area contributed by atoms with Crippen molar-refractivity contribution >= 4 is 11.4 Å². The molecule has 5 nitrogen and oxygen atoms in total. The molecular weight excluding hydrogens is 239 g/mol. The lowest BCUT2D eigenvalue weighted by molar-refractivity contribution is -0.384. The van der Waals surface area contributed by atoms with Crippen molar-refractivity contribution in [1.29, 1.82) is 0 Å². The summed E-state index contributed by atoms with van der Waals surface area (Å²) < 4.78 is 18.7. The van der Waals surface area contributed by atoms with Crippen LogP contribution in [0.25, 0.3) is 0 Å². The second kappa shape index (κ2) is 4.20. The SMILES string of the molecule is O=[N+]([O-])c1cc(F)ccc1NC1CC2CCC1O2. The number of nitro groups is 1. The Hall–Kier alpha value is -1.69. The number of nitro benzene ring substituents is 1. The third-order valence-electron chi connectivity index (χ3n) is 3.60. The van der Waals surface area contributed by atoms with E-state index in [1.807, 2.05) is 0 Å². The average molecular weight is 252 g/mol. The van der Waals surface area contributed by atoms with Gasteiger partial charge in [-0.1, -0.05) is 0 Å². The Labute approximate surface area is 103 Å². The monoisotopic (exact) mass is 252 g/mol. The lowest BCUT2D eigenvalue weighted by Crippen LogP contribution is -2.30. The predicted molar refractivity (Wildman–Crippen MR) is 63.0 cm³/mol. The Morgan fingerprint density at radius 2 is 2.28 bits per heavy atom. The van der Waals surface area contributed by atoms with Gasteiger partial charge in [0.15, 0.2) is 0 Å². The fraction of sp³-hybridized carbons (Fsp3) is 0.500. The molecule has 0 aromatic heterocycles. The summed E-state index contributed by atoms with van der Waals surface area (Å²) in [5.41, 5.74) is 0.139. The zero-order valence-corrected chi connectivity index (χ0v) is 9.64. The Morgan fingerprint density at radius 1 is 1.44 bits per heavy atom. The summed E-state index contributed by atoms with van der Waals surface area (Å²) in [6, 6.07) is 3.67. The fourth-order valence-corrected chi connectivity index (χ4v) is 2.77. The van der Waals surface area contributed by atoms with Gasteiger partial charge < -0.3 is 10.1 Å². The number of nitrogens with one attached hydrogen (secondary N) is 1. The van der Waals surface area contributed by atoms with E-state index in [2.05, 4.69) is 5.32 Å². The number of anilines is 1. The van der Waals surface area contributed by atoms with Crippen LogP contribution in [0, 0.1) is 15.9 Å². The first-order valence-corrected chi connectivity index (χ1v) is 5.99. The van der Waals surface area contributed by atoms with Crippen molar-refractivity contribution in [3.05, 3.63) is 34.1 Å². The van der Waals surface area contributed by atoms with E-state index in [-0.39, 0.29) is 23.9 Å². The Bertz CT molecular complexity index is 494. The van der Waals surface area contributed by atoms with E-state index in [1.165, 1.54) is 12.1 Å². The van der Waals surface area contributed by atoms with Crippen molar-refractivity contribution in [3.8, 4) is 0 Å². The highest BCUT2D eigenvalue weighted by Gasteiger charge is 2.41. The maximum Gasteiger partial charge on any atom is 0.295 e. The Morgan fingerprint density at radius 3 is 2.89 bits per heavy atom. The van der Waals surface area contributed by atoms with E-state index in [1.54, 1.807) is 0 Å². The van der Waals surface area contributed by atoms with Gasteiger partial charge in [-0.25, -0.2) is 4.39 Å². The van der Waals surface area contributed by atoms with Crippen molar-refractivity contribution < 1.29 is 14.1 Å². The molecule has 0 spiro atoms. The van der Waals surface area contributed by atoms with Crippen LogP contribution in [0.4, 0.5) is 15.8 Å². The van der Waals surface area contributed by atoms with E-state index >= 15 is 0 Å². The smallest absolute Gasteiger partial charge is 0.295 e. The number of ether oxygens (including phenoxy) is 1. The van der Waals surface area contributed by atoms with Gasteiger partial charge in [-0.2, -0.15) is 0 Å². The van der Waals surface area contributed by atoms with Crippen LogP contribution in [-0.2, 0) is 4.74 Å².